The van der Waals surface area contributed by atoms with Gasteiger partial charge in [-0.05, 0) is 43.7 Å². The van der Waals surface area contributed by atoms with Crippen LogP contribution in [-0.4, -0.2) is 23.5 Å². The van der Waals surface area contributed by atoms with Gasteiger partial charge in [0.15, 0.2) is 11.6 Å². The van der Waals surface area contributed by atoms with Gasteiger partial charge in [0.05, 0.1) is 11.7 Å². The molecule has 1 atom stereocenters. The molecule has 0 saturated carbocycles. The van der Waals surface area contributed by atoms with Gasteiger partial charge in [0.25, 0.3) is 0 Å². The fourth-order valence-corrected chi connectivity index (χ4v) is 2.64. The van der Waals surface area contributed by atoms with Gasteiger partial charge in [0.2, 0.25) is 5.91 Å². The Kier molecular flexibility index (Phi) is 9.34. The Bertz CT molecular complexity index is 698. The molecule has 8 heteroatoms. The van der Waals surface area contributed by atoms with E-state index in [0.29, 0.717) is 5.69 Å². The number of nitrogens with one attached hydrogen (secondary N) is 2. The highest BCUT2D eigenvalue weighted by Crippen LogP contribution is 2.22. The number of rotatable bonds is 5. The molecule has 0 bridgehead atoms. The third-order valence-corrected chi connectivity index (χ3v) is 3.93. The smallest absolute Gasteiger partial charge is 0.241 e. The summed E-state index contributed by atoms with van der Waals surface area (Å²) in [7, 11) is 0. The molecule has 2 heterocycles. The van der Waals surface area contributed by atoms with Crippen LogP contribution >= 0.6 is 24.8 Å². The van der Waals surface area contributed by atoms with Crippen LogP contribution in [0.2, 0.25) is 0 Å². The molecule has 2 aromatic rings. The van der Waals surface area contributed by atoms with E-state index in [4.69, 9.17) is 4.74 Å². The van der Waals surface area contributed by atoms with Crippen molar-refractivity contribution in [2.24, 2.45) is 0 Å². The fraction of sp³-hybridized carbons (Fsp3) is 0.333. The zero-order valence-electron chi connectivity index (χ0n) is 14.1. The molecule has 0 unspecified atom stereocenters. The standard InChI is InChI=1S/C18H20FN3O2.2ClH/c19-15-11-13(22-18(23)16-6-2-4-10-21-16)7-8-17(15)24-12-14-5-1-3-9-20-14;;/h1,3,5,7-9,11,16,21H,2,4,6,10,12H2,(H,22,23);2*1H/t16-;;/m1../s1. The summed E-state index contributed by atoms with van der Waals surface area (Å²) < 4.78 is 19.6. The summed E-state index contributed by atoms with van der Waals surface area (Å²) in [5, 5.41) is 5.91. The Morgan fingerprint density at radius 3 is 2.77 bits per heavy atom. The Morgan fingerprint density at radius 2 is 2.12 bits per heavy atom. The lowest BCUT2D eigenvalue weighted by Gasteiger charge is -2.22. The number of nitrogens with zero attached hydrogens (tertiary/aromatic N) is 1. The molecule has 0 aliphatic carbocycles. The van der Waals surface area contributed by atoms with Crippen molar-refractivity contribution in [2.45, 2.75) is 31.9 Å². The minimum absolute atomic E-state index is 0. The van der Waals surface area contributed by atoms with Gasteiger partial charge in [-0.1, -0.05) is 12.5 Å². The summed E-state index contributed by atoms with van der Waals surface area (Å²) in [6.07, 6.45) is 4.58. The van der Waals surface area contributed by atoms with Crippen LogP contribution in [0.1, 0.15) is 25.0 Å². The quantitative estimate of drug-likeness (QED) is 0.800. The number of pyridine rings is 1. The monoisotopic (exact) mass is 401 g/mol. The Hall–Kier alpha value is -1.89. The lowest BCUT2D eigenvalue weighted by atomic mass is 10.0. The highest BCUT2D eigenvalue weighted by Gasteiger charge is 2.20. The average Bonchev–Trinajstić information content (AvgIpc) is 2.62. The number of halogens is 3. The van der Waals surface area contributed by atoms with E-state index in [1.165, 1.54) is 12.1 Å². The third kappa shape index (κ3) is 6.12. The van der Waals surface area contributed by atoms with E-state index in [9.17, 15) is 9.18 Å². The fourth-order valence-electron chi connectivity index (χ4n) is 2.64. The third-order valence-electron chi connectivity index (χ3n) is 3.93. The lowest BCUT2D eigenvalue weighted by molar-refractivity contribution is -0.118. The van der Waals surface area contributed by atoms with Crippen LogP contribution < -0.4 is 15.4 Å². The second-order valence-electron chi connectivity index (χ2n) is 5.75. The number of ether oxygens (including phenoxy) is 1. The Balaban J connectivity index is 0.00000169. The number of carbonyl (C=O) groups is 1. The van der Waals surface area contributed by atoms with Crippen molar-refractivity contribution < 1.29 is 13.9 Å². The molecule has 1 aliphatic heterocycles. The Morgan fingerprint density at radius 1 is 1.27 bits per heavy atom. The first-order valence-corrected chi connectivity index (χ1v) is 8.09. The number of amides is 1. The summed E-state index contributed by atoms with van der Waals surface area (Å²) in [5.74, 6) is -0.508. The second kappa shape index (κ2) is 11.0. The molecule has 0 spiro atoms. The predicted molar refractivity (Wildman–Crippen MR) is 104 cm³/mol. The molecule has 1 amide bonds. The minimum atomic E-state index is -0.514. The van der Waals surface area contributed by atoms with E-state index in [1.807, 2.05) is 18.2 Å². The van der Waals surface area contributed by atoms with Crippen LogP contribution in [0.5, 0.6) is 5.75 Å². The highest BCUT2D eigenvalue weighted by atomic mass is 35.5. The van der Waals surface area contributed by atoms with Gasteiger partial charge in [0.1, 0.15) is 6.61 Å². The van der Waals surface area contributed by atoms with Crippen molar-refractivity contribution in [3.05, 3.63) is 54.1 Å². The van der Waals surface area contributed by atoms with Gasteiger partial charge in [-0.3, -0.25) is 9.78 Å². The average molecular weight is 402 g/mol. The molecule has 1 aromatic heterocycles. The minimum Gasteiger partial charge on any atom is -0.484 e. The van der Waals surface area contributed by atoms with Gasteiger partial charge in [0, 0.05) is 18.0 Å². The van der Waals surface area contributed by atoms with Crippen LogP contribution in [0.15, 0.2) is 42.6 Å². The summed E-state index contributed by atoms with van der Waals surface area (Å²) in [5.41, 5.74) is 1.15. The molecular weight excluding hydrogens is 380 g/mol. The Labute approximate surface area is 164 Å². The van der Waals surface area contributed by atoms with Gasteiger partial charge < -0.3 is 15.4 Å². The maximum Gasteiger partial charge on any atom is 0.241 e. The molecule has 2 N–H and O–H groups in total. The number of piperidine rings is 1. The molecule has 1 fully saturated rings. The summed E-state index contributed by atoms with van der Waals surface area (Å²) in [6, 6.07) is 9.68. The maximum absolute atomic E-state index is 14.1. The van der Waals surface area contributed by atoms with E-state index in [0.717, 1.165) is 31.5 Å². The van der Waals surface area contributed by atoms with Crippen molar-refractivity contribution in [3.63, 3.8) is 0 Å². The molecular formula is C18H22Cl2FN3O2. The van der Waals surface area contributed by atoms with Crippen LogP contribution in [0.25, 0.3) is 0 Å². The van der Waals surface area contributed by atoms with E-state index in [1.54, 1.807) is 12.3 Å². The molecule has 142 valence electrons. The number of aromatic nitrogens is 1. The molecule has 0 radical (unpaired) electrons. The summed E-state index contributed by atoms with van der Waals surface area (Å²) in [4.78, 5) is 16.3. The van der Waals surface area contributed by atoms with E-state index >= 15 is 0 Å². The first-order chi connectivity index (χ1) is 11.7. The SMILES string of the molecule is Cl.Cl.O=C(Nc1ccc(OCc2ccccn2)c(F)c1)[C@H]1CCCCN1. The van der Waals surface area contributed by atoms with Crippen LogP contribution in [0.3, 0.4) is 0 Å². The van der Waals surface area contributed by atoms with Crippen LogP contribution in [-0.2, 0) is 11.4 Å². The van der Waals surface area contributed by atoms with Gasteiger partial charge >= 0.3 is 0 Å². The highest BCUT2D eigenvalue weighted by molar-refractivity contribution is 5.94. The zero-order valence-corrected chi connectivity index (χ0v) is 15.7. The second-order valence-corrected chi connectivity index (χ2v) is 5.75. The normalized spacial score (nSPS) is 16.0. The van der Waals surface area contributed by atoms with Gasteiger partial charge in [-0.2, -0.15) is 0 Å². The maximum atomic E-state index is 14.1. The van der Waals surface area contributed by atoms with Crippen LogP contribution in [0, 0.1) is 5.82 Å². The number of hydrogen-bond acceptors (Lipinski definition) is 4. The zero-order chi connectivity index (χ0) is 16.8. The largest absolute Gasteiger partial charge is 0.484 e. The van der Waals surface area contributed by atoms with Crippen molar-refractivity contribution in [1.82, 2.24) is 10.3 Å². The first kappa shape index (κ1) is 22.2. The number of hydrogen-bond donors (Lipinski definition) is 2. The number of benzene rings is 1. The summed E-state index contributed by atoms with van der Waals surface area (Å²) >= 11 is 0. The predicted octanol–water partition coefficient (Wildman–Crippen LogP) is 3.72. The molecule has 5 nitrogen and oxygen atoms in total. The molecule has 3 rings (SSSR count). The van der Waals surface area contributed by atoms with Gasteiger partial charge in [-0.15, -0.1) is 24.8 Å². The number of carbonyl (C=O) groups excluding carboxylic acids is 1. The molecule has 26 heavy (non-hydrogen) atoms. The summed E-state index contributed by atoms with van der Waals surface area (Å²) in [6.45, 7) is 1.03. The van der Waals surface area contributed by atoms with Gasteiger partial charge in [-0.25, -0.2) is 4.39 Å². The van der Waals surface area contributed by atoms with Crippen LogP contribution in [0.4, 0.5) is 10.1 Å². The topological polar surface area (TPSA) is 63.2 Å². The van der Waals surface area contributed by atoms with E-state index in [2.05, 4.69) is 15.6 Å². The molecule has 1 saturated heterocycles. The molecule has 1 aromatic carbocycles. The first-order valence-electron chi connectivity index (χ1n) is 8.09. The molecule has 1 aliphatic rings. The van der Waals surface area contributed by atoms with Crippen molar-refractivity contribution in [2.75, 3.05) is 11.9 Å². The van der Waals surface area contributed by atoms with E-state index in [-0.39, 0.29) is 49.1 Å². The lowest BCUT2D eigenvalue weighted by Crippen LogP contribution is -2.43. The van der Waals surface area contributed by atoms with Crippen molar-refractivity contribution in [1.29, 1.82) is 0 Å². The number of anilines is 1. The van der Waals surface area contributed by atoms with E-state index < -0.39 is 5.82 Å². The van der Waals surface area contributed by atoms with Crippen molar-refractivity contribution in [3.8, 4) is 5.75 Å². The van der Waals surface area contributed by atoms with Crippen molar-refractivity contribution >= 4 is 36.4 Å².